The molecule has 0 aliphatic carbocycles. The van der Waals surface area contributed by atoms with Crippen LogP contribution in [-0.4, -0.2) is 24.6 Å². The Hall–Kier alpha value is -3.34. The minimum atomic E-state index is 0.743. The highest BCUT2D eigenvalue weighted by Crippen LogP contribution is 2.20. The summed E-state index contributed by atoms with van der Waals surface area (Å²) in [5.41, 5.74) is 7.30. The molecule has 4 heterocycles. The molecular weight excluding hydrogens is 346 g/mol. The minimum absolute atomic E-state index is 0.743. The quantitative estimate of drug-likeness (QED) is 0.483. The van der Waals surface area contributed by atoms with Gasteiger partial charge in [0.1, 0.15) is 0 Å². The molecule has 0 saturated carbocycles. The molecule has 0 saturated heterocycles. The summed E-state index contributed by atoms with van der Waals surface area (Å²) in [4.78, 5) is 14.0. The van der Waals surface area contributed by atoms with Gasteiger partial charge in [-0.3, -0.25) is 9.97 Å². The summed E-state index contributed by atoms with van der Waals surface area (Å²) < 4.78 is 1.85. The van der Waals surface area contributed by atoms with Gasteiger partial charge >= 0.3 is 0 Å². The highest BCUT2D eigenvalue weighted by molar-refractivity contribution is 5.83. The molecule has 0 atom stereocenters. The van der Waals surface area contributed by atoms with Crippen LogP contribution in [0.25, 0.3) is 22.6 Å². The van der Waals surface area contributed by atoms with Crippen molar-refractivity contribution in [1.29, 1.82) is 0 Å². The third-order valence-electron chi connectivity index (χ3n) is 4.98. The van der Waals surface area contributed by atoms with Crippen LogP contribution in [-0.2, 0) is 12.8 Å². The predicted octanol–water partition coefficient (Wildman–Crippen LogP) is 4.58. The first-order chi connectivity index (χ1) is 13.6. The van der Waals surface area contributed by atoms with Crippen LogP contribution >= 0.6 is 0 Å². The van der Waals surface area contributed by atoms with Crippen LogP contribution in [0.5, 0.6) is 0 Å². The highest BCUT2D eigenvalue weighted by Gasteiger charge is 2.10. The molecule has 4 rings (SSSR count). The van der Waals surface area contributed by atoms with E-state index in [4.69, 9.17) is 9.97 Å². The number of aromatic nitrogens is 5. The molecule has 0 unspecified atom stereocenters. The SMILES string of the molecule is C=C/C=C\c1c(C)ccn2nc(CCc3ccc4c(C)ncc(C)c4n3)nc12. The van der Waals surface area contributed by atoms with Gasteiger partial charge < -0.3 is 0 Å². The van der Waals surface area contributed by atoms with Crippen molar-refractivity contribution in [2.45, 2.75) is 33.6 Å². The van der Waals surface area contributed by atoms with Crippen LogP contribution in [0.15, 0.2) is 49.3 Å². The molecule has 0 fully saturated rings. The fourth-order valence-electron chi connectivity index (χ4n) is 3.38. The van der Waals surface area contributed by atoms with Crippen molar-refractivity contribution < 1.29 is 0 Å². The average Bonchev–Trinajstić information content (AvgIpc) is 3.12. The molecule has 0 radical (unpaired) electrons. The molecular formula is C23H23N5. The standard InChI is InChI=1S/C23H23N5/c1-5-6-7-19-15(2)12-13-28-23(19)26-21(27-28)11-9-18-8-10-20-17(4)24-14-16(3)22(20)25-18/h5-8,10,12-14H,1,9,11H2,2-4H3/b7-6-. The zero-order valence-electron chi connectivity index (χ0n) is 16.5. The number of allylic oxidation sites excluding steroid dienone is 2. The van der Waals surface area contributed by atoms with E-state index in [1.54, 1.807) is 6.08 Å². The van der Waals surface area contributed by atoms with Gasteiger partial charge in [0.05, 0.1) is 5.52 Å². The summed E-state index contributed by atoms with van der Waals surface area (Å²) in [6.07, 6.45) is 11.1. The Morgan fingerprint density at radius 3 is 2.71 bits per heavy atom. The van der Waals surface area contributed by atoms with E-state index >= 15 is 0 Å². The van der Waals surface area contributed by atoms with E-state index in [2.05, 4.69) is 48.7 Å². The third-order valence-corrected chi connectivity index (χ3v) is 4.98. The lowest BCUT2D eigenvalue weighted by Gasteiger charge is -2.06. The molecule has 140 valence electrons. The van der Waals surface area contributed by atoms with Gasteiger partial charge in [-0.25, -0.2) is 9.50 Å². The van der Waals surface area contributed by atoms with Crippen LogP contribution in [0.2, 0.25) is 0 Å². The van der Waals surface area contributed by atoms with Gasteiger partial charge in [-0.1, -0.05) is 24.8 Å². The van der Waals surface area contributed by atoms with Crippen molar-refractivity contribution in [3.05, 3.63) is 83.2 Å². The second-order valence-electron chi connectivity index (χ2n) is 7.03. The largest absolute Gasteiger partial charge is 0.261 e. The van der Waals surface area contributed by atoms with E-state index < -0.39 is 0 Å². The molecule has 0 N–H and O–H groups in total. The summed E-state index contributed by atoms with van der Waals surface area (Å²) in [5, 5.41) is 5.75. The van der Waals surface area contributed by atoms with Gasteiger partial charge in [0.15, 0.2) is 11.5 Å². The lowest BCUT2D eigenvalue weighted by molar-refractivity contribution is 0.823. The summed E-state index contributed by atoms with van der Waals surface area (Å²) in [6, 6.07) is 6.25. The van der Waals surface area contributed by atoms with Crippen molar-refractivity contribution in [2.24, 2.45) is 0 Å². The van der Waals surface area contributed by atoms with E-state index in [1.165, 1.54) is 5.56 Å². The molecule has 28 heavy (non-hydrogen) atoms. The smallest absolute Gasteiger partial charge is 0.163 e. The van der Waals surface area contributed by atoms with Crippen molar-refractivity contribution in [3.8, 4) is 0 Å². The van der Waals surface area contributed by atoms with Gasteiger partial charge in [0.25, 0.3) is 0 Å². The number of fused-ring (bicyclic) bond motifs is 2. The molecule has 4 aromatic rings. The van der Waals surface area contributed by atoms with Crippen LogP contribution in [0, 0.1) is 20.8 Å². The number of aryl methyl sites for hydroxylation is 5. The highest BCUT2D eigenvalue weighted by atomic mass is 15.3. The molecule has 4 aromatic heterocycles. The Bertz CT molecular complexity index is 1220. The zero-order chi connectivity index (χ0) is 19.7. The van der Waals surface area contributed by atoms with E-state index in [0.717, 1.165) is 57.7 Å². The van der Waals surface area contributed by atoms with Crippen LogP contribution in [0.3, 0.4) is 0 Å². The first-order valence-corrected chi connectivity index (χ1v) is 9.42. The summed E-state index contributed by atoms with van der Waals surface area (Å²) in [6.45, 7) is 9.89. The molecule has 0 aromatic carbocycles. The normalized spacial score (nSPS) is 11.7. The molecule has 5 nitrogen and oxygen atoms in total. The topological polar surface area (TPSA) is 56.0 Å². The monoisotopic (exact) mass is 369 g/mol. The number of pyridine rings is 3. The summed E-state index contributed by atoms with van der Waals surface area (Å²) >= 11 is 0. The van der Waals surface area contributed by atoms with Gasteiger partial charge in [0, 0.05) is 41.2 Å². The minimum Gasteiger partial charge on any atom is -0.261 e. The van der Waals surface area contributed by atoms with Gasteiger partial charge in [-0.15, -0.1) is 0 Å². The Kier molecular flexibility index (Phi) is 4.74. The molecule has 0 spiro atoms. The summed E-state index contributed by atoms with van der Waals surface area (Å²) in [5.74, 6) is 0.823. The Labute approximate surface area is 164 Å². The van der Waals surface area contributed by atoms with E-state index in [9.17, 15) is 0 Å². The first-order valence-electron chi connectivity index (χ1n) is 9.42. The van der Waals surface area contributed by atoms with Gasteiger partial charge in [0.2, 0.25) is 0 Å². The Balaban J connectivity index is 1.62. The van der Waals surface area contributed by atoms with Crippen molar-refractivity contribution >= 4 is 22.6 Å². The van der Waals surface area contributed by atoms with Gasteiger partial charge in [-0.2, -0.15) is 5.10 Å². The van der Waals surface area contributed by atoms with Crippen molar-refractivity contribution in [1.82, 2.24) is 24.6 Å². The van der Waals surface area contributed by atoms with Crippen LogP contribution < -0.4 is 0 Å². The number of hydrogen-bond acceptors (Lipinski definition) is 4. The molecule has 0 bridgehead atoms. The maximum Gasteiger partial charge on any atom is 0.163 e. The maximum atomic E-state index is 4.85. The zero-order valence-corrected chi connectivity index (χ0v) is 16.5. The predicted molar refractivity (Wildman–Crippen MR) is 113 cm³/mol. The van der Waals surface area contributed by atoms with E-state index in [-0.39, 0.29) is 0 Å². The Morgan fingerprint density at radius 2 is 1.89 bits per heavy atom. The molecule has 0 aliphatic heterocycles. The molecule has 0 amide bonds. The number of nitrogens with zero attached hydrogens (tertiary/aromatic N) is 5. The van der Waals surface area contributed by atoms with E-state index in [1.807, 2.05) is 36.0 Å². The average molecular weight is 369 g/mol. The van der Waals surface area contributed by atoms with Gasteiger partial charge in [-0.05, 0) is 56.5 Å². The van der Waals surface area contributed by atoms with Crippen LogP contribution in [0.4, 0.5) is 0 Å². The van der Waals surface area contributed by atoms with Crippen LogP contribution in [0.1, 0.15) is 33.9 Å². The van der Waals surface area contributed by atoms with E-state index in [0.29, 0.717) is 0 Å². The Morgan fingerprint density at radius 1 is 1.04 bits per heavy atom. The third kappa shape index (κ3) is 3.31. The summed E-state index contributed by atoms with van der Waals surface area (Å²) in [7, 11) is 0. The fourth-order valence-corrected chi connectivity index (χ4v) is 3.38. The molecule has 0 aliphatic rings. The lowest BCUT2D eigenvalue weighted by atomic mass is 10.1. The number of rotatable bonds is 5. The number of hydrogen-bond donors (Lipinski definition) is 0. The first kappa shape index (κ1) is 18.0. The fraction of sp³-hybridized carbons (Fsp3) is 0.217. The second kappa shape index (κ2) is 7.35. The molecule has 5 heteroatoms. The second-order valence-corrected chi connectivity index (χ2v) is 7.03. The lowest BCUT2D eigenvalue weighted by Crippen LogP contribution is -1.99. The maximum absolute atomic E-state index is 4.85. The van der Waals surface area contributed by atoms with Crippen molar-refractivity contribution in [2.75, 3.05) is 0 Å². The van der Waals surface area contributed by atoms with Crippen molar-refractivity contribution in [3.63, 3.8) is 0 Å².